The first-order valence-electron chi connectivity index (χ1n) is 9.64. The van der Waals surface area contributed by atoms with Crippen LogP contribution >= 0.6 is 11.6 Å². The van der Waals surface area contributed by atoms with Crippen molar-refractivity contribution in [3.8, 4) is 0 Å². The highest BCUT2D eigenvalue weighted by atomic mass is 35.5. The molecule has 2 aromatic rings. The highest BCUT2D eigenvalue weighted by molar-refractivity contribution is 7.89. The zero-order valence-electron chi connectivity index (χ0n) is 17.0. The Bertz CT molecular complexity index is 1050. The van der Waals surface area contributed by atoms with Crippen LogP contribution < -0.4 is 5.32 Å². The molecule has 0 aromatic heterocycles. The molecule has 0 atom stereocenters. The SMILES string of the molecule is Cc1ccc(S(=O)(=O)N2CCOCC2)cc1C(=O)OCC(=O)NCc1ccc(Cl)cc1. The Morgan fingerprint density at radius 3 is 2.48 bits per heavy atom. The number of halogens is 1. The smallest absolute Gasteiger partial charge is 0.338 e. The molecule has 1 fully saturated rings. The number of amides is 1. The van der Waals surface area contributed by atoms with E-state index in [2.05, 4.69) is 5.32 Å². The number of hydrogen-bond donors (Lipinski definition) is 1. The molecule has 1 aliphatic heterocycles. The summed E-state index contributed by atoms with van der Waals surface area (Å²) in [5.41, 5.74) is 1.49. The Morgan fingerprint density at radius 1 is 1.13 bits per heavy atom. The van der Waals surface area contributed by atoms with Gasteiger partial charge in [0.25, 0.3) is 5.91 Å². The fraction of sp³-hybridized carbons (Fsp3) is 0.333. The zero-order valence-corrected chi connectivity index (χ0v) is 18.5. The predicted octanol–water partition coefficient (Wildman–Crippen LogP) is 2.14. The molecule has 3 rings (SSSR count). The van der Waals surface area contributed by atoms with Crippen LogP contribution in [-0.2, 0) is 30.8 Å². The first kappa shape index (κ1) is 23.2. The Kier molecular flexibility index (Phi) is 7.66. The molecule has 0 aliphatic carbocycles. The minimum absolute atomic E-state index is 0.000796. The van der Waals surface area contributed by atoms with Gasteiger partial charge in [-0.05, 0) is 42.3 Å². The maximum Gasteiger partial charge on any atom is 0.338 e. The number of ether oxygens (including phenoxy) is 2. The molecule has 1 aliphatic rings. The number of benzene rings is 2. The lowest BCUT2D eigenvalue weighted by Crippen LogP contribution is -2.40. The highest BCUT2D eigenvalue weighted by Gasteiger charge is 2.27. The third kappa shape index (κ3) is 6.04. The molecule has 1 amide bonds. The van der Waals surface area contributed by atoms with Gasteiger partial charge in [0.05, 0.1) is 23.7 Å². The molecule has 8 nitrogen and oxygen atoms in total. The molecule has 0 spiro atoms. The Labute approximate surface area is 186 Å². The fourth-order valence-corrected chi connectivity index (χ4v) is 4.54. The van der Waals surface area contributed by atoms with E-state index >= 15 is 0 Å². The summed E-state index contributed by atoms with van der Waals surface area (Å²) in [5.74, 6) is -1.24. The molecule has 0 unspecified atom stereocenters. The van der Waals surface area contributed by atoms with E-state index in [1.165, 1.54) is 16.4 Å². The van der Waals surface area contributed by atoms with Crippen molar-refractivity contribution < 1.29 is 27.5 Å². The number of sulfonamides is 1. The molecule has 2 aromatic carbocycles. The summed E-state index contributed by atoms with van der Waals surface area (Å²) in [7, 11) is -3.75. The summed E-state index contributed by atoms with van der Waals surface area (Å²) in [6.07, 6.45) is 0. The van der Waals surface area contributed by atoms with Crippen LogP contribution in [0.2, 0.25) is 5.02 Å². The molecule has 0 saturated carbocycles. The van der Waals surface area contributed by atoms with E-state index in [-0.39, 0.29) is 30.1 Å². The Balaban J connectivity index is 1.61. The molecule has 0 radical (unpaired) electrons. The van der Waals surface area contributed by atoms with E-state index < -0.39 is 28.5 Å². The van der Waals surface area contributed by atoms with Crippen LogP contribution in [0, 0.1) is 6.92 Å². The molecule has 1 N–H and O–H groups in total. The summed E-state index contributed by atoms with van der Waals surface area (Å²) in [6.45, 7) is 2.61. The number of nitrogens with one attached hydrogen (secondary N) is 1. The first-order chi connectivity index (χ1) is 14.8. The van der Waals surface area contributed by atoms with E-state index in [0.717, 1.165) is 5.56 Å². The van der Waals surface area contributed by atoms with Crippen LogP contribution in [0.5, 0.6) is 0 Å². The second-order valence-electron chi connectivity index (χ2n) is 6.97. The molecular formula is C21H23ClN2O6S. The van der Waals surface area contributed by atoms with Crippen molar-refractivity contribution in [3.05, 3.63) is 64.2 Å². The summed E-state index contributed by atoms with van der Waals surface area (Å²) in [5, 5.41) is 3.24. The van der Waals surface area contributed by atoms with Gasteiger partial charge < -0.3 is 14.8 Å². The zero-order chi connectivity index (χ0) is 22.4. The van der Waals surface area contributed by atoms with Crippen molar-refractivity contribution in [3.63, 3.8) is 0 Å². The van der Waals surface area contributed by atoms with Crippen molar-refractivity contribution in [1.29, 1.82) is 0 Å². The molecular weight excluding hydrogens is 444 g/mol. The molecule has 1 saturated heterocycles. The van der Waals surface area contributed by atoms with Crippen LogP contribution in [-0.4, -0.2) is 57.5 Å². The first-order valence-corrected chi connectivity index (χ1v) is 11.5. The molecule has 0 bridgehead atoms. The van der Waals surface area contributed by atoms with Gasteiger partial charge >= 0.3 is 5.97 Å². The number of carbonyl (C=O) groups is 2. The van der Waals surface area contributed by atoms with Gasteiger partial charge in [-0.2, -0.15) is 4.31 Å². The molecule has 10 heteroatoms. The highest BCUT2D eigenvalue weighted by Crippen LogP contribution is 2.21. The summed E-state index contributed by atoms with van der Waals surface area (Å²) < 4.78 is 37.3. The van der Waals surface area contributed by atoms with Crippen molar-refractivity contribution in [1.82, 2.24) is 9.62 Å². The second kappa shape index (κ2) is 10.2. The molecule has 1 heterocycles. The van der Waals surface area contributed by atoms with E-state index in [1.54, 1.807) is 37.3 Å². The van der Waals surface area contributed by atoms with E-state index in [4.69, 9.17) is 21.1 Å². The lowest BCUT2D eigenvalue weighted by atomic mass is 10.1. The number of nitrogens with zero attached hydrogens (tertiary/aromatic N) is 1. The van der Waals surface area contributed by atoms with Gasteiger partial charge in [-0.25, -0.2) is 13.2 Å². The quantitative estimate of drug-likeness (QED) is 0.627. The minimum atomic E-state index is -3.75. The fourth-order valence-electron chi connectivity index (χ4n) is 2.98. The third-order valence-corrected chi connectivity index (χ3v) is 6.92. The number of carbonyl (C=O) groups excluding carboxylic acids is 2. The molecule has 166 valence electrons. The van der Waals surface area contributed by atoms with Crippen LogP contribution in [0.4, 0.5) is 0 Å². The monoisotopic (exact) mass is 466 g/mol. The van der Waals surface area contributed by atoms with Crippen molar-refractivity contribution >= 4 is 33.5 Å². The summed E-state index contributed by atoms with van der Waals surface area (Å²) in [6, 6.07) is 11.3. The van der Waals surface area contributed by atoms with Crippen LogP contribution in [0.1, 0.15) is 21.5 Å². The van der Waals surface area contributed by atoms with Gasteiger partial charge in [0.1, 0.15) is 0 Å². The second-order valence-corrected chi connectivity index (χ2v) is 9.35. The van der Waals surface area contributed by atoms with Gasteiger partial charge in [-0.15, -0.1) is 0 Å². The third-order valence-electron chi connectivity index (χ3n) is 4.77. The van der Waals surface area contributed by atoms with Crippen molar-refractivity contribution in [2.24, 2.45) is 0 Å². The molecule has 31 heavy (non-hydrogen) atoms. The predicted molar refractivity (Wildman–Crippen MR) is 114 cm³/mol. The maximum atomic E-state index is 12.8. The number of morpholine rings is 1. The topological polar surface area (TPSA) is 102 Å². The Morgan fingerprint density at radius 2 is 1.81 bits per heavy atom. The van der Waals surface area contributed by atoms with Crippen LogP contribution in [0.15, 0.2) is 47.4 Å². The van der Waals surface area contributed by atoms with Crippen molar-refractivity contribution in [2.75, 3.05) is 32.9 Å². The van der Waals surface area contributed by atoms with Crippen LogP contribution in [0.3, 0.4) is 0 Å². The van der Waals surface area contributed by atoms with E-state index in [9.17, 15) is 18.0 Å². The van der Waals surface area contributed by atoms with E-state index in [0.29, 0.717) is 23.8 Å². The average molecular weight is 467 g/mol. The largest absolute Gasteiger partial charge is 0.452 e. The lowest BCUT2D eigenvalue weighted by molar-refractivity contribution is -0.124. The number of rotatable bonds is 7. The number of esters is 1. The van der Waals surface area contributed by atoms with Gasteiger partial charge in [-0.3, -0.25) is 4.79 Å². The number of hydrogen-bond acceptors (Lipinski definition) is 6. The van der Waals surface area contributed by atoms with Gasteiger partial charge in [0, 0.05) is 24.7 Å². The van der Waals surface area contributed by atoms with Crippen molar-refractivity contribution in [2.45, 2.75) is 18.4 Å². The lowest BCUT2D eigenvalue weighted by Gasteiger charge is -2.26. The summed E-state index contributed by atoms with van der Waals surface area (Å²) >= 11 is 5.82. The summed E-state index contributed by atoms with van der Waals surface area (Å²) in [4.78, 5) is 24.5. The average Bonchev–Trinajstić information content (AvgIpc) is 2.78. The van der Waals surface area contributed by atoms with E-state index in [1.807, 2.05) is 0 Å². The van der Waals surface area contributed by atoms with Gasteiger partial charge in [0.15, 0.2) is 6.61 Å². The number of aryl methyl sites for hydroxylation is 1. The standard InChI is InChI=1S/C21H23ClN2O6S/c1-15-2-7-18(31(27,28)24-8-10-29-11-9-24)12-19(15)21(26)30-14-20(25)23-13-16-3-5-17(22)6-4-16/h2-7,12H,8-11,13-14H2,1H3,(H,23,25). The van der Waals surface area contributed by atoms with Gasteiger partial charge in [-0.1, -0.05) is 29.8 Å². The maximum absolute atomic E-state index is 12.8. The van der Waals surface area contributed by atoms with Gasteiger partial charge in [0.2, 0.25) is 10.0 Å². The minimum Gasteiger partial charge on any atom is -0.452 e. The Hall–Kier alpha value is -2.46. The normalized spacial score (nSPS) is 14.8. The van der Waals surface area contributed by atoms with Crippen LogP contribution in [0.25, 0.3) is 0 Å².